The topological polar surface area (TPSA) is 68.5 Å². The van der Waals surface area contributed by atoms with Gasteiger partial charge in [0.2, 0.25) is 5.89 Å². The van der Waals surface area contributed by atoms with Crippen molar-refractivity contribution in [1.82, 2.24) is 15.0 Å². The number of hydrogen-bond donors (Lipinski definition) is 0. The van der Waals surface area contributed by atoms with Crippen LogP contribution in [0.25, 0.3) is 0 Å². The Bertz CT molecular complexity index is 433. The van der Waals surface area contributed by atoms with Crippen molar-refractivity contribution in [3.05, 3.63) is 11.7 Å². The van der Waals surface area contributed by atoms with Gasteiger partial charge in [0.15, 0.2) is 5.82 Å². The molecule has 0 radical (unpaired) electrons. The third-order valence-electron chi connectivity index (χ3n) is 3.49. The zero-order valence-electron chi connectivity index (χ0n) is 12.3. The number of piperidine rings is 1. The predicted molar refractivity (Wildman–Crippen MR) is 73.0 cm³/mol. The number of ether oxygens (including phenoxy) is 1. The maximum atomic E-state index is 12.0. The molecule has 6 heteroatoms. The van der Waals surface area contributed by atoms with Crippen molar-refractivity contribution in [3.63, 3.8) is 0 Å². The third kappa shape index (κ3) is 3.79. The van der Waals surface area contributed by atoms with Gasteiger partial charge in [0.1, 0.15) is 6.04 Å². The molecule has 20 heavy (non-hydrogen) atoms. The van der Waals surface area contributed by atoms with Crippen LogP contribution in [0.2, 0.25) is 0 Å². The van der Waals surface area contributed by atoms with Gasteiger partial charge in [0, 0.05) is 6.42 Å². The fourth-order valence-electron chi connectivity index (χ4n) is 2.54. The highest BCUT2D eigenvalue weighted by Gasteiger charge is 2.30. The van der Waals surface area contributed by atoms with E-state index in [1.165, 1.54) is 0 Å². The van der Waals surface area contributed by atoms with Crippen molar-refractivity contribution < 1.29 is 14.1 Å². The van der Waals surface area contributed by atoms with Gasteiger partial charge in [-0.15, -0.1) is 0 Å². The number of aryl methyl sites for hydroxylation is 1. The molecule has 0 N–H and O–H groups in total. The van der Waals surface area contributed by atoms with E-state index in [4.69, 9.17) is 9.26 Å². The second kappa shape index (κ2) is 7.38. The van der Waals surface area contributed by atoms with Crippen molar-refractivity contribution >= 4 is 5.97 Å². The first kappa shape index (κ1) is 15.0. The molecule has 2 heterocycles. The van der Waals surface area contributed by atoms with Crippen LogP contribution in [-0.4, -0.2) is 40.2 Å². The quantitative estimate of drug-likeness (QED) is 0.742. The van der Waals surface area contributed by atoms with Gasteiger partial charge in [-0.2, -0.15) is 4.98 Å². The van der Waals surface area contributed by atoms with E-state index < -0.39 is 0 Å². The third-order valence-corrected chi connectivity index (χ3v) is 3.49. The van der Waals surface area contributed by atoms with Gasteiger partial charge < -0.3 is 9.26 Å². The first-order valence-corrected chi connectivity index (χ1v) is 7.46. The second-order valence-electron chi connectivity index (χ2n) is 5.09. The van der Waals surface area contributed by atoms with E-state index >= 15 is 0 Å². The largest absolute Gasteiger partial charge is 0.465 e. The first-order chi connectivity index (χ1) is 9.74. The van der Waals surface area contributed by atoms with Gasteiger partial charge in [0.25, 0.3) is 0 Å². The van der Waals surface area contributed by atoms with Crippen molar-refractivity contribution in [3.8, 4) is 0 Å². The average molecular weight is 281 g/mol. The van der Waals surface area contributed by atoms with Crippen molar-refractivity contribution in [2.75, 3.05) is 13.2 Å². The van der Waals surface area contributed by atoms with E-state index in [2.05, 4.69) is 22.0 Å². The van der Waals surface area contributed by atoms with Gasteiger partial charge in [-0.3, -0.25) is 9.69 Å². The summed E-state index contributed by atoms with van der Waals surface area (Å²) < 4.78 is 10.4. The molecule has 112 valence electrons. The molecule has 1 saturated heterocycles. The smallest absolute Gasteiger partial charge is 0.323 e. The molecule has 1 fully saturated rings. The molecule has 0 aliphatic carbocycles. The lowest BCUT2D eigenvalue weighted by molar-refractivity contribution is -0.151. The van der Waals surface area contributed by atoms with Crippen LogP contribution in [0.5, 0.6) is 0 Å². The molecule has 0 aromatic carbocycles. The average Bonchev–Trinajstić information content (AvgIpc) is 2.87. The number of hydrogen-bond acceptors (Lipinski definition) is 6. The Balaban J connectivity index is 1.98. The first-order valence-electron chi connectivity index (χ1n) is 7.46. The maximum Gasteiger partial charge on any atom is 0.323 e. The predicted octanol–water partition coefficient (Wildman–Crippen LogP) is 1.94. The van der Waals surface area contributed by atoms with Crippen LogP contribution >= 0.6 is 0 Å². The van der Waals surface area contributed by atoms with Crippen LogP contribution in [0.1, 0.15) is 51.2 Å². The summed E-state index contributed by atoms with van der Waals surface area (Å²) in [6.07, 6.45) is 4.81. The standard InChI is InChI=1S/C14H23N3O3/c1-3-7-12-15-13(20-16-12)10-17-9-6-5-8-11(17)14(18)19-4-2/h11H,3-10H2,1-2H3/t11-/m0/s1. The molecule has 0 amide bonds. The molecule has 1 aromatic rings. The van der Waals surface area contributed by atoms with E-state index in [1.54, 1.807) is 0 Å². The van der Waals surface area contributed by atoms with Crippen molar-refractivity contribution in [1.29, 1.82) is 0 Å². The van der Waals surface area contributed by atoms with Crippen LogP contribution in [-0.2, 0) is 22.5 Å². The molecule has 6 nitrogen and oxygen atoms in total. The van der Waals surface area contributed by atoms with Crippen LogP contribution in [0.3, 0.4) is 0 Å². The van der Waals surface area contributed by atoms with Crippen LogP contribution < -0.4 is 0 Å². The lowest BCUT2D eigenvalue weighted by Gasteiger charge is -2.32. The molecule has 0 spiro atoms. The van der Waals surface area contributed by atoms with Gasteiger partial charge in [-0.1, -0.05) is 18.5 Å². The SMILES string of the molecule is CCCc1noc(CN2CCCC[C@H]2C(=O)OCC)n1. The Morgan fingerprint density at radius 2 is 2.30 bits per heavy atom. The molecule has 0 unspecified atom stereocenters. The fourth-order valence-corrected chi connectivity index (χ4v) is 2.54. The molecule has 1 aliphatic rings. The minimum atomic E-state index is -0.176. The van der Waals surface area contributed by atoms with E-state index in [0.717, 1.165) is 44.5 Å². The van der Waals surface area contributed by atoms with Crippen molar-refractivity contribution in [2.24, 2.45) is 0 Å². The lowest BCUT2D eigenvalue weighted by atomic mass is 10.0. The van der Waals surface area contributed by atoms with E-state index in [-0.39, 0.29) is 12.0 Å². The number of likely N-dealkylation sites (tertiary alicyclic amines) is 1. The Morgan fingerprint density at radius 1 is 1.45 bits per heavy atom. The lowest BCUT2D eigenvalue weighted by Crippen LogP contribution is -2.45. The highest BCUT2D eigenvalue weighted by molar-refractivity contribution is 5.75. The molecular weight excluding hydrogens is 258 g/mol. The number of esters is 1. The molecule has 1 aliphatic heterocycles. The maximum absolute atomic E-state index is 12.0. The van der Waals surface area contributed by atoms with Crippen LogP contribution in [0, 0.1) is 0 Å². The summed E-state index contributed by atoms with van der Waals surface area (Å²) in [7, 11) is 0. The molecule has 1 atom stereocenters. The van der Waals surface area contributed by atoms with Crippen LogP contribution in [0.15, 0.2) is 4.52 Å². The number of nitrogens with zero attached hydrogens (tertiary/aromatic N) is 3. The van der Waals surface area contributed by atoms with Crippen molar-refractivity contribution in [2.45, 2.75) is 58.5 Å². The summed E-state index contributed by atoms with van der Waals surface area (Å²) in [6, 6.07) is -0.176. The zero-order valence-corrected chi connectivity index (χ0v) is 12.3. The minimum absolute atomic E-state index is 0.138. The van der Waals surface area contributed by atoms with Gasteiger partial charge >= 0.3 is 5.97 Å². The summed E-state index contributed by atoms with van der Waals surface area (Å²) >= 11 is 0. The fraction of sp³-hybridized carbons (Fsp3) is 0.786. The molecule has 0 saturated carbocycles. The minimum Gasteiger partial charge on any atom is -0.465 e. The second-order valence-corrected chi connectivity index (χ2v) is 5.09. The number of aromatic nitrogens is 2. The number of rotatable bonds is 6. The summed E-state index contributed by atoms with van der Waals surface area (Å²) in [5.41, 5.74) is 0. The van der Waals surface area contributed by atoms with E-state index in [1.807, 2.05) is 6.92 Å². The normalized spacial score (nSPS) is 20.0. The summed E-state index contributed by atoms with van der Waals surface area (Å²) in [4.78, 5) is 18.4. The Kier molecular flexibility index (Phi) is 5.52. The van der Waals surface area contributed by atoms with Crippen LogP contribution in [0.4, 0.5) is 0 Å². The highest BCUT2D eigenvalue weighted by atomic mass is 16.5. The molecule has 1 aromatic heterocycles. The van der Waals surface area contributed by atoms with Gasteiger partial charge in [0.05, 0.1) is 13.2 Å². The summed E-state index contributed by atoms with van der Waals surface area (Å²) in [5.74, 6) is 1.19. The number of carbonyl (C=O) groups excluding carboxylic acids is 1. The zero-order chi connectivity index (χ0) is 14.4. The van der Waals surface area contributed by atoms with Gasteiger partial charge in [-0.05, 0) is 32.7 Å². The summed E-state index contributed by atoms with van der Waals surface area (Å²) in [5, 5.41) is 3.95. The molecular formula is C14H23N3O3. The Hall–Kier alpha value is -1.43. The summed E-state index contributed by atoms with van der Waals surface area (Å²) in [6.45, 7) is 5.73. The molecule has 0 bridgehead atoms. The highest BCUT2D eigenvalue weighted by Crippen LogP contribution is 2.20. The van der Waals surface area contributed by atoms with Gasteiger partial charge in [-0.25, -0.2) is 0 Å². The van der Waals surface area contributed by atoms with E-state index in [9.17, 15) is 4.79 Å². The monoisotopic (exact) mass is 281 g/mol. The Labute approximate surface area is 119 Å². The number of carbonyl (C=O) groups is 1. The molecule has 2 rings (SSSR count). The Morgan fingerprint density at radius 3 is 3.05 bits per heavy atom. The van der Waals surface area contributed by atoms with E-state index in [0.29, 0.717) is 19.0 Å².